The molecule has 4 heteroatoms. The zero-order chi connectivity index (χ0) is 17.5. The number of benzene rings is 1. The summed E-state index contributed by atoms with van der Waals surface area (Å²) in [6.07, 6.45) is 5.31. The van der Waals surface area contributed by atoms with E-state index in [0.29, 0.717) is 13.2 Å². The molecule has 25 heavy (non-hydrogen) atoms. The molecular formula is C21H30N2O2. The molecule has 4 nitrogen and oxygen atoms in total. The molecule has 2 saturated heterocycles. The van der Waals surface area contributed by atoms with Gasteiger partial charge in [-0.05, 0) is 62.3 Å². The molecular weight excluding hydrogens is 312 g/mol. The highest BCUT2D eigenvalue weighted by atomic mass is 16.5. The van der Waals surface area contributed by atoms with Gasteiger partial charge in [0.2, 0.25) is 0 Å². The van der Waals surface area contributed by atoms with Gasteiger partial charge >= 0.3 is 0 Å². The molecule has 0 radical (unpaired) electrons. The molecule has 0 N–H and O–H groups in total. The average molecular weight is 342 g/mol. The first kappa shape index (κ1) is 18.2. The number of rotatable bonds is 6. The highest BCUT2D eigenvalue weighted by molar-refractivity contribution is 5.37. The van der Waals surface area contributed by atoms with E-state index in [1.807, 2.05) is 12.1 Å². The van der Waals surface area contributed by atoms with Crippen LogP contribution in [0.25, 0.3) is 0 Å². The molecule has 0 aliphatic carbocycles. The summed E-state index contributed by atoms with van der Waals surface area (Å²) in [5.41, 5.74) is 0.704. The van der Waals surface area contributed by atoms with E-state index in [-0.39, 0.29) is 5.41 Å². The zero-order valence-corrected chi connectivity index (χ0v) is 15.4. The molecule has 2 aliphatic heterocycles. The average Bonchev–Trinajstić information content (AvgIpc) is 2.66. The summed E-state index contributed by atoms with van der Waals surface area (Å²) in [4.78, 5) is 2.56. The standard InChI is InChI=1S/C21H30N2O2/c1-18-4-2-11-23(16-18)12-3-13-25-20-7-5-19(6-8-20)21(17-22)9-14-24-15-10-21/h5-8,18H,2-4,9-16H2,1H3. The Balaban J connectivity index is 1.45. The minimum atomic E-state index is -0.387. The van der Waals surface area contributed by atoms with Crippen LogP contribution in [-0.4, -0.2) is 44.4 Å². The van der Waals surface area contributed by atoms with Gasteiger partial charge in [0, 0.05) is 26.3 Å². The van der Waals surface area contributed by atoms with Crippen LogP contribution < -0.4 is 4.74 Å². The van der Waals surface area contributed by atoms with Crippen molar-refractivity contribution in [3.63, 3.8) is 0 Å². The van der Waals surface area contributed by atoms with Crippen LogP contribution in [0.4, 0.5) is 0 Å². The van der Waals surface area contributed by atoms with E-state index in [2.05, 4.69) is 30.0 Å². The molecule has 1 aromatic rings. The monoisotopic (exact) mass is 342 g/mol. The van der Waals surface area contributed by atoms with Crippen molar-refractivity contribution >= 4 is 0 Å². The van der Waals surface area contributed by atoms with E-state index in [0.717, 1.165) is 49.6 Å². The Hall–Kier alpha value is -1.57. The van der Waals surface area contributed by atoms with Crippen molar-refractivity contribution in [3.8, 4) is 11.8 Å². The normalized spacial score (nSPS) is 23.8. The lowest BCUT2D eigenvalue weighted by atomic mass is 9.75. The minimum absolute atomic E-state index is 0.387. The second kappa shape index (κ2) is 8.69. The molecule has 136 valence electrons. The van der Waals surface area contributed by atoms with Gasteiger partial charge in [-0.2, -0.15) is 5.26 Å². The summed E-state index contributed by atoms with van der Waals surface area (Å²) < 4.78 is 11.3. The van der Waals surface area contributed by atoms with E-state index in [4.69, 9.17) is 9.47 Å². The van der Waals surface area contributed by atoms with E-state index < -0.39 is 0 Å². The largest absolute Gasteiger partial charge is 0.494 e. The summed E-state index contributed by atoms with van der Waals surface area (Å²) >= 11 is 0. The maximum Gasteiger partial charge on any atom is 0.119 e. The zero-order valence-electron chi connectivity index (χ0n) is 15.4. The molecule has 1 aromatic carbocycles. The molecule has 0 saturated carbocycles. The van der Waals surface area contributed by atoms with Gasteiger partial charge in [-0.25, -0.2) is 0 Å². The van der Waals surface area contributed by atoms with E-state index in [1.54, 1.807) is 0 Å². The Morgan fingerprint density at radius 2 is 2.04 bits per heavy atom. The summed E-state index contributed by atoms with van der Waals surface area (Å²) in [6.45, 7) is 8.02. The van der Waals surface area contributed by atoms with Crippen molar-refractivity contribution in [2.24, 2.45) is 5.92 Å². The highest BCUT2D eigenvalue weighted by Gasteiger charge is 2.34. The SMILES string of the molecule is CC1CCCN(CCCOc2ccc(C3(C#N)CCOCC3)cc2)C1. The fourth-order valence-electron chi connectivity index (χ4n) is 4.02. The lowest BCUT2D eigenvalue weighted by Gasteiger charge is -2.31. The third-order valence-corrected chi connectivity index (χ3v) is 5.60. The first-order valence-corrected chi connectivity index (χ1v) is 9.66. The van der Waals surface area contributed by atoms with Crippen LogP contribution in [-0.2, 0) is 10.2 Å². The van der Waals surface area contributed by atoms with Crippen molar-refractivity contribution in [1.82, 2.24) is 4.90 Å². The van der Waals surface area contributed by atoms with E-state index in [9.17, 15) is 5.26 Å². The lowest BCUT2D eigenvalue weighted by molar-refractivity contribution is 0.0675. The number of hydrogen-bond donors (Lipinski definition) is 0. The Morgan fingerprint density at radius 1 is 1.28 bits per heavy atom. The topological polar surface area (TPSA) is 45.5 Å². The molecule has 0 bridgehead atoms. The van der Waals surface area contributed by atoms with Crippen LogP contribution in [0.15, 0.2) is 24.3 Å². The van der Waals surface area contributed by atoms with Gasteiger partial charge < -0.3 is 14.4 Å². The van der Waals surface area contributed by atoms with Gasteiger partial charge in [-0.3, -0.25) is 0 Å². The third kappa shape index (κ3) is 4.74. The molecule has 1 atom stereocenters. The number of piperidine rings is 1. The minimum Gasteiger partial charge on any atom is -0.494 e. The van der Waals surface area contributed by atoms with Crippen molar-refractivity contribution in [3.05, 3.63) is 29.8 Å². The molecule has 0 aromatic heterocycles. The molecule has 2 fully saturated rings. The van der Waals surface area contributed by atoms with Gasteiger partial charge in [-0.15, -0.1) is 0 Å². The molecule has 0 amide bonds. The van der Waals surface area contributed by atoms with Crippen LogP contribution in [0.3, 0.4) is 0 Å². The Morgan fingerprint density at radius 3 is 2.72 bits per heavy atom. The second-order valence-corrected chi connectivity index (χ2v) is 7.58. The van der Waals surface area contributed by atoms with Crippen molar-refractivity contribution < 1.29 is 9.47 Å². The lowest BCUT2D eigenvalue weighted by Crippen LogP contribution is -2.35. The van der Waals surface area contributed by atoms with Crippen LogP contribution in [0.2, 0.25) is 0 Å². The second-order valence-electron chi connectivity index (χ2n) is 7.58. The smallest absolute Gasteiger partial charge is 0.119 e. The van der Waals surface area contributed by atoms with Crippen LogP contribution in [0.5, 0.6) is 5.75 Å². The predicted octanol–water partition coefficient (Wildman–Crippen LogP) is 3.76. The maximum atomic E-state index is 9.64. The molecule has 1 unspecified atom stereocenters. The van der Waals surface area contributed by atoms with Crippen LogP contribution >= 0.6 is 0 Å². The summed E-state index contributed by atoms with van der Waals surface area (Å²) in [7, 11) is 0. The number of hydrogen-bond acceptors (Lipinski definition) is 4. The molecule has 2 heterocycles. The fraction of sp³-hybridized carbons (Fsp3) is 0.667. The van der Waals surface area contributed by atoms with Gasteiger partial charge in [0.05, 0.1) is 18.1 Å². The first-order valence-electron chi connectivity index (χ1n) is 9.66. The van der Waals surface area contributed by atoms with Gasteiger partial charge in [-0.1, -0.05) is 19.1 Å². The molecule has 0 spiro atoms. The summed E-state index contributed by atoms with van der Waals surface area (Å²) in [6, 6.07) is 10.6. The first-order chi connectivity index (χ1) is 12.2. The highest BCUT2D eigenvalue weighted by Crippen LogP contribution is 2.34. The molecule has 2 aliphatic rings. The van der Waals surface area contributed by atoms with Crippen molar-refractivity contribution in [2.75, 3.05) is 39.5 Å². The van der Waals surface area contributed by atoms with Crippen molar-refractivity contribution in [1.29, 1.82) is 5.26 Å². The fourth-order valence-corrected chi connectivity index (χ4v) is 4.02. The number of likely N-dealkylation sites (tertiary alicyclic amines) is 1. The number of nitriles is 1. The van der Waals surface area contributed by atoms with Crippen LogP contribution in [0, 0.1) is 17.2 Å². The predicted molar refractivity (Wildman–Crippen MR) is 98.7 cm³/mol. The Labute approximate surface area is 151 Å². The van der Waals surface area contributed by atoms with E-state index in [1.165, 1.54) is 25.9 Å². The quantitative estimate of drug-likeness (QED) is 0.739. The van der Waals surface area contributed by atoms with Crippen LogP contribution in [0.1, 0.15) is 44.6 Å². The van der Waals surface area contributed by atoms with Crippen molar-refractivity contribution in [2.45, 2.75) is 44.4 Å². The van der Waals surface area contributed by atoms with Gasteiger partial charge in [0.15, 0.2) is 0 Å². The summed E-state index contributed by atoms with van der Waals surface area (Å²) in [5.74, 6) is 1.73. The third-order valence-electron chi connectivity index (χ3n) is 5.60. The van der Waals surface area contributed by atoms with E-state index >= 15 is 0 Å². The summed E-state index contributed by atoms with van der Waals surface area (Å²) in [5, 5.41) is 9.64. The Kier molecular flexibility index (Phi) is 6.34. The molecule has 3 rings (SSSR count). The number of ether oxygens (including phenoxy) is 2. The Bertz CT molecular complexity index is 573. The number of nitrogens with zero attached hydrogens (tertiary/aromatic N) is 2. The maximum absolute atomic E-state index is 9.64. The van der Waals surface area contributed by atoms with Gasteiger partial charge in [0.1, 0.15) is 5.75 Å². The van der Waals surface area contributed by atoms with Gasteiger partial charge in [0.25, 0.3) is 0 Å².